The molecule has 3 rings (SSSR count). The second-order valence-corrected chi connectivity index (χ2v) is 9.17. The highest BCUT2D eigenvalue weighted by Crippen LogP contribution is 2.17. The molecule has 0 radical (unpaired) electrons. The van der Waals surface area contributed by atoms with Crippen LogP contribution in [-0.4, -0.2) is 32.9 Å². The van der Waals surface area contributed by atoms with E-state index < -0.39 is 38.7 Å². The van der Waals surface area contributed by atoms with E-state index in [4.69, 9.17) is 4.74 Å². The summed E-state index contributed by atoms with van der Waals surface area (Å²) in [6, 6.07) is 19.3. The first-order valence-electron chi connectivity index (χ1n) is 10.8. The van der Waals surface area contributed by atoms with Crippen LogP contribution in [0, 0.1) is 5.82 Å². The number of rotatable bonds is 10. The Morgan fingerprint density at radius 3 is 2.29 bits per heavy atom. The molecule has 0 aliphatic heterocycles. The normalized spacial score (nSPS) is 12.3. The van der Waals surface area contributed by atoms with Crippen molar-refractivity contribution in [2.24, 2.45) is 0 Å². The van der Waals surface area contributed by atoms with Crippen molar-refractivity contribution in [2.75, 3.05) is 11.9 Å². The number of ether oxygens (including phenoxy) is 1. The Kier molecular flexibility index (Phi) is 8.88. The predicted molar refractivity (Wildman–Crippen MR) is 131 cm³/mol. The fourth-order valence-corrected chi connectivity index (χ4v) is 4.49. The van der Waals surface area contributed by atoms with Gasteiger partial charge in [0, 0.05) is 11.8 Å². The van der Waals surface area contributed by atoms with Crippen molar-refractivity contribution in [1.29, 1.82) is 0 Å². The Bertz CT molecular complexity index is 1290. The number of esters is 1. The molecule has 35 heavy (non-hydrogen) atoms. The molecule has 9 heteroatoms. The lowest BCUT2D eigenvalue weighted by molar-refractivity contribution is -0.137. The van der Waals surface area contributed by atoms with E-state index in [1.165, 1.54) is 18.2 Å². The Morgan fingerprint density at radius 1 is 0.971 bits per heavy atom. The average molecular weight is 497 g/mol. The lowest BCUT2D eigenvalue weighted by Gasteiger charge is -2.19. The molecule has 3 aromatic carbocycles. The first-order chi connectivity index (χ1) is 16.8. The number of sulfonamides is 1. The molecule has 7 nitrogen and oxygen atoms in total. The zero-order valence-electron chi connectivity index (χ0n) is 19.0. The van der Waals surface area contributed by atoms with Gasteiger partial charge in [-0.3, -0.25) is 4.79 Å². The van der Waals surface area contributed by atoms with Gasteiger partial charge < -0.3 is 10.1 Å². The molecule has 0 spiro atoms. The molecule has 0 heterocycles. The molecule has 0 fully saturated rings. The van der Waals surface area contributed by atoms with E-state index >= 15 is 0 Å². The summed E-state index contributed by atoms with van der Waals surface area (Å²) in [5.74, 6) is -1.98. The minimum Gasteiger partial charge on any atom is -0.463 e. The largest absolute Gasteiger partial charge is 0.463 e. The van der Waals surface area contributed by atoms with Gasteiger partial charge in [0.1, 0.15) is 16.8 Å². The third kappa shape index (κ3) is 7.59. The lowest BCUT2D eigenvalue weighted by Crippen LogP contribution is -2.45. The SMILES string of the molecule is CCOC(=O)/C=C/c1ccc(NC(=O)[C@H](Cc2ccccc2)NS(=O)(=O)c2ccccc2F)cc1. The molecule has 2 N–H and O–H groups in total. The number of hydrogen-bond acceptors (Lipinski definition) is 5. The minimum absolute atomic E-state index is 0.0563. The van der Waals surface area contributed by atoms with E-state index in [1.54, 1.807) is 67.6 Å². The number of halogens is 1. The lowest BCUT2D eigenvalue weighted by atomic mass is 10.1. The maximum atomic E-state index is 14.1. The summed E-state index contributed by atoms with van der Waals surface area (Å²) >= 11 is 0. The number of hydrogen-bond donors (Lipinski definition) is 2. The van der Waals surface area contributed by atoms with Gasteiger partial charge in [-0.25, -0.2) is 17.6 Å². The van der Waals surface area contributed by atoms with Crippen molar-refractivity contribution >= 4 is 33.7 Å². The van der Waals surface area contributed by atoms with Crippen molar-refractivity contribution in [3.05, 3.63) is 102 Å². The number of amides is 1. The van der Waals surface area contributed by atoms with Crippen molar-refractivity contribution in [3.63, 3.8) is 0 Å². The Balaban J connectivity index is 1.78. The Labute approximate surface area is 203 Å². The second-order valence-electron chi connectivity index (χ2n) is 7.49. The standard InChI is InChI=1S/C26H25FN2O5S/c1-2-34-25(30)17-14-19-12-15-21(16-13-19)28-26(31)23(18-20-8-4-3-5-9-20)29-35(32,33)24-11-7-6-10-22(24)27/h3-17,23,29H,2,18H2,1H3,(H,28,31)/b17-14+/t23-/m0/s1. The summed E-state index contributed by atoms with van der Waals surface area (Å²) in [5, 5.41) is 2.69. The van der Waals surface area contributed by atoms with E-state index in [1.807, 2.05) is 0 Å². The summed E-state index contributed by atoms with van der Waals surface area (Å²) in [4.78, 5) is 24.0. The number of nitrogens with one attached hydrogen (secondary N) is 2. The van der Waals surface area contributed by atoms with Gasteiger partial charge >= 0.3 is 5.97 Å². The summed E-state index contributed by atoms with van der Waals surface area (Å²) < 4.78 is 47.0. The van der Waals surface area contributed by atoms with Gasteiger partial charge in [0.25, 0.3) is 0 Å². The number of anilines is 1. The first-order valence-corrected chi connectivity index (χ1v) is 12.3. The van der Waals surface area contributed by atoms with Crippen molar-refractivity contribution in [1.82, 2.24) is 4.72 Å². The topological polar surface area (TPSA) is 102 Å². The van der Waals surface area contributed by atoms with Crippen LogP contribution in [0.4, 0.5) is 10.1 Å². The molecule has 0 saturated carbocycles. The van der Waals surface area contributed by atoms with Crippen LogP contribution in [0.25, 0.3) is 6.08 Å². The number of carbonyl (C=O) groups is 2. The van der Waals surface area contributed by atoms with E-state index in [0.29, 0.717) is 11.3 Å². The van der Waals surface area contributed by atoms with Crippen LogP contribution in [0.2, 0.25) is 0 Å². The molecular weight excluding hydrogens is 471 g/mol. The summed E-state index contributed by atoms with van der Waals surface area (Å²) in [6.45, 7) is 1.99. The third-order valence-electron chi connectivity index (χ3n) is 4.90. The summed E-state index contributed by atoms with van der Waals surface area (Å²) in [6.07, 6.45) is 2.93. The molecule has 0 saturated heterocycles. The van der Waals surface area contributed by atoms with E-state index in [0.717, 1.165) is 17.7 Å². The van der Waals surface area contributed by atoms with Crippen LogP contribution in [0.5, 0.6) is 0 Å². The van der Waals surface area contributed by atoms with E-state index in [-0.39, 0.29) is 13.0 Å². The second kappa shape index (κ2) is 12.0. The van der Waals surface area contributed by atoms with Gasteiger partial charge in [-0.15, -0.1) is 0 Å². The molecule has 3 aromatic rings. The number of benzene rings is 3. The van der Waals surface area contributed by atoms with Gasteiger partial charge in [0.2, 0.25) is 15.9 Å². The third-order valence-corrected chi connectivity index (χ3v) is 6.40. The Morgan fingerprint density at radius 2 is 1.63 bits per heavy atom. The maximum Gasteiger partial charge on any atom is 0.330 e. The van der Waals surface area contributed by atoms with Crippen LogP contribution in [0.3, 0.4) is 0 Å². The minimum atomic E-state index is -4.31. The molecule has 1 amide bonds. The molecule has 182 valence electrons. The van der Waals surface area contributed by atoms with Gasteiger partial charge in [0.05, 0.1) is 6.61 Å². The van der Waals surface area contributed by atoms with Crippen molar-refractivity contribution in [3.8, 4) is 0 Å². The van der Waals surface area contributed by atoms with Crippen LogP contribution >= 0.6 is 0 Å². The molecular formula is C26H25FN2O5S. The molecule has 0 aliphatic rings. The van der Waals surface area contributed by atoms with Crippen LogP contribution in [0.15, 0.2) is 89.8 Å². The fraction of sp³-hybridized carbons (Fsp3) is 0.154. The van der Waals surface area contributed by atoms with Crippen LogP contribution < -0.4 is 10.0 Å². The average Bonchev–Trinajstić information content (AvgIpc) is 2.84. The molecule has 0 bridgehead atoms. The van der Waals surface area contributed by atoms with Crippen LogP contribution in [0.1, 0.15) is 18.1 Å². The quantitative estimate of drug-likeness (QED) is 0.327. The van der Waals surface area contributed by atoms with Gasteiger partial charge in [0.15, 0.2) is 0 Å². The zero-order chi connectivity index (χ0) is 25.3. The maximum absolute atomic E-state index is 14.1. The van der Waals surface area contributed by atoms with E-state index in [2.05, 4.69) is 10.0 Å². The molecule has 0 aromatic heterocycles. The monoisotopic (exact) mass is 496 g/mol. The van der Waals surface area contributed by atoms with Gasteiger partial charge in [-0.2, -0.15) is 4.72 Å². The predicted octanol–water partition coefficient (Wildman–Crippen LogP) is 3.93. The van der Waals surface area contributed by atoms with Crippen molar-refractivity contribution in [2.45, 2.75) is 24.3 Å². The fourth-order valence-electron chi connectivity index (χ4n) is 3.21. The smallest absolute Gasteiger partial charge is 0.330 e. The first kappa shape index (κ1) is 25.8. The highest BCUT2D eigenvalue weighted by molar-refractivity contribution is 7.89. The zero-order valence-corrected chi connectivity index (χ0v) is 19.8. The molecule has 1 atom stereocenters. The summed E-state index contributed by atoms with van der Waals surface area (Å²) in [7, 11) is -4.31. The van der Waals surface area contributed by atoms with Crippen LogP contribution in [-0.2, 0) is 30.8 Å². The van der Waals surface area contributed by atoms with Gasteiger partial charge in [-0.05, 0) is 54.8 Å². The Hall–Kier alpha value is -3.82. The van der Waals surface area contributed by atoms with Crippen molar-refractivity contribution < 1.29 is 27.1 Å². The van der Waals surface area contributed by atoms with E-state index in [9.17, 15) is 22.4 Å². The molecule has 0 aliphatic carbocycles. The number of carbonyl (C=O) groups excluding carboxylic acids is 2. The highest BCUT2D eigenvalue weighted by atomic mass is 32.2. The van der Waals surface area contributed by atoms with Gasteiger partial charge in [-0.1, -0.05) is 54.6 Å². The summed E-state index contributed by atoms with van der Waals surface area (Å²) in [5.41, 5.74) is 1.85. The molecule has 0 unspecified atom stereocenters. The highest BCUT2D eigenvalue weighted by Gasteiger charge is 2.28.